The van der Waals surface area contributed by atoms with E-state index in [0.717, 1.165) is 13.7 Å². The molecule has 0 N–H and O–H groups in total. The molecule has 8 nitrogen and oxygen atoms in total. The lowest BCUT2D eigenvalue weighted by molar-refractivity contribution is 0.131. The van der Waals surface area contributed by atoms with Crippen LogP contribution in [-0.4, -0.2) is 51.9 Å². The van der Waals surface area contributed by atoms with Gasteiger partial charge in [-0.25, -0.2) is 28.1 Å². The third kappa shape index (κ3) is 4.98. The molecule has 0 fully saturated rings. The standard InChI is InChI=1S/C12H19Cl2N3O5/c1-15-10(18)16(4-8-21-6-2-13)12(20)17(11(15)19)5-9-22-7-3-14/h2-9H2,1H3. The summed E-state index contributed by atoms with van der Waals surface area (Å²) in [5.41, 5.74) is -2.04. The van der Waals surface area contributed by atoms with Crippen molar-refractivity contribution in [3.63, 3.8) is 0 Å². The van der Waals surface area contributed by atoms with Gasteiger partial charge < -0.3 is 9.47 Å². The molecule has 0 spiro atoms. The fourth-order valence-electron chi connectivity index (χ4n) is 1.76. The van der Waals surface area contributed by atoms with Gasteiger partial charge in [0, 0.05) is 18.8 Å². The summed E-state index contributed by atoms with van der Waals surface area (Å²) in [6.07, 6.45) is 0. The molecule has 0 radical (unpaired) electrons. The van der Waals surface area contributed by atoms with Gasteiger partial charge in [-0.1, -0.05) is 0 Å². The zero-order valence-corrected chi connectivity index (χ0v) is 13.8. The summed E-state index contributed by atoms with van der Waals surface area (Å²) < 4.78 is 13.1. The van der Waals surface area contributed by atoms with Gasteiger partial charge >= 0.3 is 17.1 Å². The molecule has 126 valence electrons. The molecule has 0 aliphatic rings. The summed E-state index contributed by atoms with van der Waals surface area (Å²) in [5, 5.41) is 0. The van der Waals surface area contributed by atoms with Crippen molar-refractivity contribution in [3.8, 4) is 0 Å². The molecule has 1 aromatic heterocycles. The summed E-state index contributed by atoms with van der Waals surface area (Å²) in [5.74, 6) is 0.647. The second-order valence-corrected chi connectivity index (χ2v) is 5.07. The van der Waals surface area contributed by atoms with E-state index >= 15 is 0 Å². The van der Waals surface area contributed by atoms with E-state index in [4.69, 9.17) is 32.7 Å². The third-order valence-electron chi connectivity index (χ3n) is 2.86. The average Bonchev–Trinajstić information content (AvgIpc) is 2.51. The van der Waals surface area contributed by atoms with Crippen molar-refractivity contribution in [3.05, 3.63) is 31.5 Å². The number of hydrogen-bond donors (Lipinski definition) is 0. The molecule has 0 amide bonds. The number of aromatic nitrogens is 3. The van der Waals surface area contributed by atoms with E-state index in [9.17, 15) is 14.4 Å². The second-order valence-electron chi connectivity index (χ2n) is 4.31. The minimum absolute atomic E-state index is 0.0468. The Labute approximate surface area is 136 Å². The van der Waals surface area contributed by atoms with Crippen molar-refractivity contribution in [2.24, 2.45) is 7.05 Å². The molecule has 10 heteroatoms. The quantitative estimate of drug-likeness (QED) is 0.406. The van der Waals surface area contributed by atoms with Gasteiger partial charge in [0.2, 0.25) is 0 Å². The fraction of sp³-hybridized carbons (Fsp3) is 0.750. The Morgan fingerprint density at radius 2 is 1.18 bits per heavy atom. The Hall–Kier alpha value is -1.09. The highest BCUT2D eigenvalue weighted by atomic mass is 35.5. The van der Waals surface area contributed by atoms with Gasteiger partial charge in [0.1, 0.15) is 0 Å². The molecular weight excluding hydrogens is 337 g/mol. The maximum atomic E-state index is 12.2. The van der Waals surface area contributed by atoms with Crippen LogP contribution in [0.2, 0.25) is 0 Å². The maximum Gasteiger partial charge on any atom is 0.336 e. The molecule has 0 unspecified atom stereocenters. The lowest BCUT2D eigenvalue weighted by Crippen LogP contribution is -2.54. The van der Waals surface area contributed by atoms with Gasteiger partial charge in [-0.15, -0.1) is 23.2 Å². The van der Waals surface area contributed by atoms with E-state index < -0.39 is 17.1 Å². The van der Waals surface area contributed by atoms with Gasteiger partial charge in [-0.05, 0) is 0 Å². The largest absolute Gasteiger partial charge is 0.378 e. The van der Waals surface area contributed by atoms with Crippen LogP contribution in [0.1, 0.15) is 0 Å². The van der Waals surface area contributed by atoms with Crippen LogP contribution < -0.4 is 17.1 Å². The van der Waals surface area contributed by atoms with Crippen molar-refractivity contribution < 1.29 is 9.47 Å². The number of nitrogens with zero attached hydrogens (tertiary/aromatic N) is 3. The first kappa shape index (κ1) is 19.0. The van der Waals surface area contributed by atoms with E-state index in [0.29, 0.717) is 25.0 Å². The fourth-order valence-corrected chi connectivity index (χ4v) is 1.98. The molecule has 0 aliphatic heterocycles. The van der Waals surface area contributed by atoms with Crippen LogP contribution in [0, 0.1) is 0 Å². The van der Waals surface area contributed by atoms with E-state index in [1.807, 2.05) is 0 Å². The van der Waals surface area contributed by atoms with Crippen molar-refractivity contribution in [2.45, 2.75) is 13.1 Å². The predicted octanol–water partition coefficient (Wildman–Crippen LogP) is -0.780. The van der Waals surface area contributed by atoms with Crippen LogP contribution in [-0.2, 0) is 29.6 Å². The highest BCUT2D eigenvalue weighted by Gasteiger charge is 2.12. The third-order valence-corrected chi connectivity index (χ3v) is 3.17. The van der Waals surface area contributed by atoms with Gasteiger partial charge in [-0.2, -0.15) is 0 Å². The van der Waals surface area contributed by atoms with Gasteiger partial charge in [0.25, 0.3) is 0 Å². The van der Waals surface area contributed by atoms with Crippen molar-refractivity contribution in [1.29, 1.82) is 0 Å². The Kier molecular flexibility index (Phi) is 8.47. The van der Waals surface area contributed by atoms with Crippen molar-refractivity contribution >= 4 is 23.2 Å². The molecule has 0 saturated carbocycles. The number of alkyl halides is 2. The molecule has 1 heterocycles. The number of ether oxygens (including phenoxy) is 2. The monoisotopic (exact) mass is 355 g/mol. The highest BCUT2D eigenvalue weighted by molar-refractivity contribution is 6.18. The minimum Gasteiger partial charge on any atom is -0.378 e. The summed E-state index contributed by atoms with van der Waals surface area (Å²) in [6.45, 7) is 1.05. The first-order valence-corrected chi connectivity index (χ1v) is 7.79. The highest BCUT2D eigenvalue weighted by Crippen LogP contribution is 1.83. The Bertz CT molecular complexity index is 587. The van der Waals surface area contributed by atoms with E-state index in [1.165, 1.54) is 7.05 Å². The predicted molar refractivity (Wildman–Crippen MR) is 83.3 cm³/mol. The Balaban J connectivity index is 2.97. The van der Waals surface area contributed by atoms with Crippen LogP contribution in [0.5, 0.6) is 0 Å². The molecule has 1 aromatic rings. The van der Waals surface area contributed by atoms with E-state index in [-0.39, 0.29) is 26.3 Å². The first-order valence-electron chi connectivity index (χ1n) is 6.72. The minimum atomic E-state index is -0.683. The molecule has 0 aromatic carbocycles. The summed E-state index contributed by atoms with van der Waals surface area (Å²) >= 11 is 10.9. The van der Waals surface area contributed by atoms with Crippen LogP contribution >= 0.6 is 23.2 Å². The zero-order valence-electron chi connectivity index (χ0n) is 12.3. The SMILES string of the molecule is Cn1c(=O)n(CCOCCCl)c(=O)n(CCOCCCl)c1=O. The van der Waals surface area contributed by atoms with Crippen molar-refractivity contribution in [2.75, 3.05) is 38.2 Å². The van der Waals surface area contributed by atoms with Gasteiger partial charge in [0.05, 0.1) is 39.5 Å². The molecule has 0 bridgehead atoms. The average molecular weight is 356 g/mol. The summed E-state index contributed by atoms with van der Waals surface area (Å²) in [7, 11) is 1.32. The van der Waals surface area contributed by atoms with Crippen LogP contribution in [0.15, 0.2) is 14.4 Å². The zero-order chi connectivity index (χ0) is 16.5. The topological polar surface area (TPSA) is 84.5 Å². The van der Waals surface area contributed by atoms with Gasteiger partial charge in [0.15, 0.2) is 0 Å². The molecule has 0 atom stereocenters. The lowest BCUT2D eigenvalue weighted by Gasteiger charge is -2.11. The van der Waals surface area contributed by atoms with Gasteiger partial charge in [-0.3, -0.25) is 0 Å². The Morgan fingerprint density at radius 3 is 1.55 bits per heavy atom. The second kappa shape index (κ2) is 9.83. The van der Waals surface area contributed by atoms with Crippen molar-refractivity contribution in [1.82, 2.24) is 13.7 Å². The summed E-state index contributed by atoms with van der Waals surface area (Å²) in [4.78, 5) is 36.2. The van der Waals surface area contributed by atoms with Crippen LogP contribution in [0.4, 0.5) is 0 Å². The van der Waals surface area contributed by atoms with E-state index in [2.05, 4.69) is 0 Å². The molecular formula is C12H19Cl2N3O5. The number of rotatable bonds is 10. The maximum absolute atomic E-state index is 12.2. The summed E-state index contributed by atoms with van der Waals surface area (Å²) in [6, 6.07) is 0. The normalized spacial score (nSPS) is 11.0. The Morgan fingerprint density at radius 1 is 0.773 bits per heavy atom. The van der Waals surface area contributed by atoms with Crippen LogP contribution in [0.3, 0.4) is 0 Å². The molecule has 0 saturated heterocycles. The molecule has 22 heavy (non-hydrogen) atoms. The van der Waals surface area contributed by atoms with Crippen LogP contribution in [0.25, 0.3) is 0 Å². The molecule has 0 aliphatic carbocycles. The number of hydrogen-bond acceptors (Lipinski definition) is 5. The smallest absolute Gasteiger partial charge is 0.336 e. The van der Waals surface area contributed by atoms with E-state index in [1.54, 1.807) is 0 Å². The number of halogens is 2. The molecule has 1 rings (SSSR count). The lowest BCUT2D eigenvalue weighted by atomic mass is 10.6. The first-order chi connectivity index (χ1) is 10.5.